The number of aromatic carboxylic acids is 1. The fourth-order valence-corrected chi connectivity index (χ4v) is 1.81. The van der Waals surface area contributed by atoms with Gasteiger partial charge in [0.05, 0.1) is 17.0 Å². The summed E-state index contributed by atoms with van der Waals surface area (Å²) in [5.74, 6) is -2.33. The number of hydrogen-bond donors (Lipinski definition) is 1. The molecule has 0 atom stereocenters. The van der Waals surface area contributed by atoms with Crippen LogP contribution < -0.4 is 5.56 Å². The highest BCUT2D eigenvalue weighted by atomic mass is 19.1. The molecular formula is C13H9FN2O5. The van der Waals surface area contributed by atoms with Gasteiger partial charge in [-0.25, -0.2) is 9.18 Å². The van der Waals surface area contributed by atoms with E-state index < -0.39 is 33.5 Å². The molecule has 0 aliphatic rings. The lowest BCUT2D eigenvalue weighted by Crippen LogP contribution is -2.22. The number of halogens is 1. The van der Waals surface area contributed by atoms with Crippen LogP contribution in [-0.2, 0) is 6.54 Å². The quantitative estimate of drug-likeness (QED) is 0.681. The zero-order valence-electron chi connectivity index (χ0n) is 10.5. The third kappa shape index (κ3) is 2.94. The number of nitrogens with zero attached hydrogens (tertiary/aromatic N) is 2. The molecule has 2 aromatic rings. The number of carboxylic acid groups (broad SMARTS) is 1. The normalized spacial score (nSPS) is 10.3. The van der Waals surface area contributed by atoms with Gasteiger partial charge in [0.1, 0.15) is 5.82 Å². The fraction of sp³-hybridized carbons (Fsp3) is 0.0769. The van der Waals surface area contributed by atoms with Crippen molar-refractivity contribution in [2.75, 3.05) is 0 Å². The van der Waals surface area contributed by atoms with Crippen molar-refractivity contribution in [3.05, 3.63) is 73.9 Å². The van der Waals surface area contributed by atoms with E-state index in [2.05, 4.69) is 0 Å². The van der Waals surface area contributed by atoms with Crippen LogP contribution in [0, 0.1) is 15.9 Å². The molecule has 108 valence electrons. The van der Waals surface area contributed by atoms with E-state index in [1.165, 1.54) is 18.3 Å². The molecule has 21 heavy (non-hydrogen) atoms. The van der Waals surface area contributed by atoms with Crippen LogP contribution in [0.5, 0.6) is 0 Å². The molecule has 1 heterocycles. The number of hydrogen-bond acceptors (Lipinski definition) is 4. The van der Waals surface area contributed by atoms with Crippen molar-refractivity contribution in [2.45, 2.75) is 6.54 Å². The first-order valence-corrected chi connectivity index (χ1v) is 5.75. The van der Waals surface area contributed by atoms with Crippen LogP contribution in [0.1, 0.15) is 15.9 Å². The first-order chi connectivity index (χ1) is 9.90. The third-order valence-corrected chi connectivity index (χ3v) is 2.81. The molecule has 0 fully saturated rings. The van der Waals surface area contributed by atoms with Crippen LogP contribution in [0.25, 0.3) is 0 Å². The first-order valence-electron chi connectivity index (χ1n) is 5.75. The highest BCUT2D eigenvalue weighted by molar-refractivity contribution is 5.87. The number of carbonyl (C=O) groups is 1. The maximum absolute atomic E-state index is 13.5. The van der Waals surface area contributed by atoms with Gasteiger partial charge in [-0.05, 0) is 23.8 Å². The average molecular weight is 292 g/mol. The molecule has 0 unspecified atom stereocenters. The summed E-state index contributed by atoms with van der Waals surface area (Å²) < 4.78 is 14.6. The Balaban J connectivity index is 2.37. The zero-order chi connectivity index (χ0) is 15.6. The van der Waals surface area contributed by atoms with Crippen molar-refractivity contribution >= 4 is 11.7 Å². The van der Waals surface area contributed by atoms with E-state index in [9.17, 15) is 24.1 Å². The molecule has 7 nitrogen and oxygen atoms in total. The Morgan fingerprint density at radius 1 is 1.38 bits per heavy atom. The van der Waals surface area contributed by atoms with E-state index in [1.54, 1.807) is 0 Å². The topological polar surface area (TPSA) is 102 Å². The SMILES string of the molecule is O=C(O)c1ccc(Cn2cccc([N+](=O)[O-])c2=O)cc1F. The minimum atomic E-state index is -1.40. The highest BCUT2D eigenvalue weighted by Crippen LogP contribution is 2.12. The smallest absolute Gasteiger partial charge is 0.338 e. The monoisotopic (exact) mass is 292 g/mol. The Hall–Kier alpha value is -3.03. The van der Waals surface area contributed by atoms with E-state index in [-0.39, 0.29) is 6.54 Å². The molecule has 0 amide bonds. The zero-order valence-corrected chi connectivity index (χ0v) is 10.5. The predicted octanol–water partition coefficient (Wildman–Crippen LogP) is 1.64. The Morgan fingerprint density at radius 3 is 2.67 bits per heavy atom. The number of aromatic nitrogens is 1. The molecule has 1 N–H and O–H groups in total. The van der Waals surface area contributed by atoms with E-state index in [0.29, 0.717) is 5.56 Å². The Kier molecular flexibility index (Phi) is 3.79. The third-order valence-electron chi connectivity index (χ3n) is 2.81. The summed E-state index contributed by atoms with van der Waals surface area (Å²) in [4.78, 5) is 32.4. The van der Waals surface area contributed by atoms with E-state index >= 15 is 0 Å². The molecule has 0 spiro atoms. The largest absolute Gasteiger partial charge is 0.478 e. The molecule has 0 saturated carbocycles. The fourth-order valence-electron chi connectivity index (χ4n) is 1.81. The Bertz CT molecular complexity index is 784. The van der Waals surface area contributed by atoms with Crippen molar-refractivity contribution in [2.24, 2.45) is 0 Å². The molecule has 0 saturated heterocycles. The van der Waals surface area contributed by atoms with Gasteiger partial charge in [-0.15, -0.1) is 0 Å². The summed E-state index contributed by atoms with van der Waals surface area (Å²) in [6, 6.07) is 5.82. The molecule has 0 aliphatic carbocycles. The number of rotatable bonds is 4. The summed E-state index contributed by atoms with van der Waals surface area (Å²) in [7, 11) is 0. The molecule has 0 aliphatic heterocycles. The molecule has 1 aromatic heterocycles. The van der Waals surface area contributed by atoms with Crippen molar-refractivity contribution < 1.29 is 19.2 Å². The molecule has 0 bridgehead atoms. The predicted molar refractivity (Wildman–Crippen MR) is 69.8 cm³/mol. The average Bonchev–Trinajstić information content (AvgIpc) is 2.40. The molecule has 2 rings (SSSR count). The second kappa shape index (κ2) is 5.53. The van der Waals surface area contributed by atoms with Gasteiger partial charge in [-0.2, -0.15) is 0 Å². The molecule has 8 heteroatoms. The van der Waals surface area contributed by atoms with Gasteiger partial charge in [0.25, 0.3) is 0 Å². The van der Waals surface area contributed by atoms with Crippen molar-refractivity contribution in [3.63, 3.8) is 0 Å². The molecule has 1 aromatic carbocycles. The standard InChI is InChI=1S/C13H9FN2O5/c14-10-6-8(3-4-9(10)13(18)19)7-15-5-1-2-11(12(15)17)16(20)21/h1-6H,7H2,(H,18,19). The van der Waals surface area contributed by atoms with Gasteiger partial charge >= 0.3 is 17.2 Å². The Morgan fingerprint density at radius 2 is 2.10 bits per heavy atom. The molecule has 0 radical (unpaired) electrons. The summed E-state index contributed by atoms with van der Waals surface area (Å²) >= 11 is 0. The van der Waals surface area contributed by atoms with E-state index in [4.69, 9.17) is 5.11 Å². The van der Waals surface area contributed by atoms with Crippen molar-refractivity contribution in [3.8, 4) is 0 Å². The number of nitro groups is 1. The maximum Gasteiger partial charge on any atom is 0.338 e. The second-order valence-electron chi connectivity index (χ2n) is 4.20. The van der Waals surface area contributed by atoms with Gasteiger partial charge in [0.2, 0.25) is 0 Å². The van der Waals surface area contributed by atoms with Crippen molar-refractivity contribution in [1.82, 2.24) is 4.57 Å². The number of benzene rings is 1. The Labute approximate surface area is 117 Å². The molecular weight excluding hydrogens is 283 g/mol. The summed E-state index contributed by atoms with van der Waals surface area (Å²) in [5.41, 5.74) is -1.56. The first kappa shape index (κ1) is 14.4. The minimum Gasteiger partial charge on any atom is -0.478 e. The van der Waals surface area contributed by atoms with Crippen molar-refractivity contribution in [1.29, 1.82) is 0 Å². The van der Waals surface area contributed by atoms with Crippen LogP contribution in [-0.4, -0.2) is 20.6 Å². The highest BCUT2D eigenvalue weighted by Gasteiger charge is 2.15. The number of carboxylic acids is 1. The lowest BCUT2D eigenvalue weighted by Gasteiger charge is -2.06. The van der Waals surface area contributed by atoms with Gasteiger partial charge in [-0.3, -0.25) is 14.9 Å². The lowest BCUT2D eigenvalue weighted by atomic mass is 10.1. The summed E-state index contributed by atoms with van der Waals surface area (Å²) in [6.45, 7) is -0.0999. The van der Waals surface area contributed by atoms with E-state index in [1.807, 2.05) is 0 Å². The van der Waals surface area contributed by atoms with Crippen LogP contribution in [0.4, 0.5) is 10.1 Å². The summed E-state index contributed by atoms with van der Waals surface area (Å²) in [6.07, 6.45) is 1.33. The maximum atomic E-state index is 13.5. The minimum absolute atomic E-state index is 0.0999. The number of pyridine rings is 1. The van der Waals surface area contributed by atoms with Crippen LogP contribution in [0.2, 0.25) is 0 Å². The van der Waals surface area contributed by atoms with Gasteiger partial charge in [-0.1, -0.05) is 6.07 Å². The van der Waals surface area contributed by atoms with E-state index in [0.717, 1.165) is 22.8 Å². The van der Waals surface area contributed by atoms with Gasteiger partial charge < -0.3 is 9.67 Å². The van der Waals surface area contributed by atoms with Gasteiger partial charge in [0, 0.05) is 12.3 Å². The van der Waals surface area contributed by atoms with Crippen LogP contribution in [0.3, 0.4) is 0 Å². The van der Waals surface area contributed by atoms with Crippen LogP contribution in [0.15, 0.2) is 41.3 Å². The second-order valence-corrected chi connectivity index (χ2v) is 4.20. The van der Waals surface area contributed by atoms with Crippen LogP contribution >= 0.6 is 0 Å². The summed E-state index contributed by atoms with van der Waals surface area (Å²) in [5, 5.41) is 19.4. The lowest BCUT2D eigenvalue weighted by molar-refractivity contribution is -0.386. The van der Waals surface area contributed by atoms with Gasteiger partial charge in [0.15, 0.2) is 0 Å².